The molecule has 8 nitrogen and oxygen atoms in total. The van der Waals surface area contributed by atoms with E-state index in [1.807, 2.05) is 18.2 Å². The second-order valence-electron chi connectivity index (χ2n) is 5.99. The zero-order chi connectivity index (χ0) is 19.2. The Labute approximate surface area is 157 Å². The molecule has 140 valence electrons. The van der Waals surface area contributed by atoms with Crippen LogP contribution in [-0.4, -0.2) is 49.3 Å². The van der Waals surface area contributed by atoms with Gasteiger partial charge in [0.1, 0.15) is 6.10 Å². The smallest absolute Gasteiger partial charge is 0.317 e. The molecule has 3 rings (SSSR count). The molecule has 1 aromatic carbocycles. The minimum Gasteiger partial charge on any atom is -0.493 e. The Balaban J connectivity index is 1.46. The van der Waals surface area contributed by atoms with Gasteiger partial charge in [-0.3, -0.25) is 0 Å². The number of aromatic nitrogens is 1. The van der Waals surface area contributed by atoms with Crippen LogP contribution in [0.1, 0.15) is 11.1 Å². The molecular weight excluding hydrogens is 348 g/mol. The van der Waals surface area contributed by atoms with Crippen LogP contribution in [-0.2, 0) is 6.54 Å². The largest absolute Gasteiger partial charge is 0.493 e. The van der Waals surface area contributed by atoms with Crippen molar-refractivity contribution < 1.29 is 19.0 Å². The molecule has 0 unspecified atom stereocenters. The molecule has 2 aromatic rings. The lowest BCUT2D eigenvalue weighted by Crippen LogP contribution is -2.58. The fourth-order valence-electron chi connectivity index (χ4n) is 2.67. The first kappa shape index (κ1) is 18.3. The van der Waals surface area contributed by atoms with Crippen LogP contribution in [0.4, 0.5) is 4.79 Å². The molecule has 27 heavy (non-hydrogen) atoms. The predicted molar refractivity (Wildman–Crippen MR) is 96.7 cm³/mol. The zero-order valence-corrected chi connectivity index (χ0v) is 15.1. The van der Waals surface area contributed by atoms with Crippen LogP contribution in [0.3, 0.4) is 0 Å². The summed E-state index contributed by atoms with van der Waals surface area (Å²) in [6.07, 6.45) is 1.40. The molecule has 1 saturated heterocycles. The third-order valence-electron chi connectivity index (χ3n) is 4.18. The maximum Gasteiger partial charge on any atom is 0.317 e. The van der Waals surface area contributed by atoms with Gasteiger partial charge >= 0.3 is 6.03 Å². The fourth-order valence-corrected chi connectivity index (χ4v) is 2.67. The summed E-state index contributed by atoms with van der Waals surface area (Å²) in [6, 6.07) is 10.6. The molecule has 0 spiro atoms. The Morgan fingerprint density at radius 2 is 2.04 bits per heavy atom. The summed E-state index contributed by atoms with van der Waals surface area (Å²) in [5, 5.41) is 11.8. The average Bonchev–Trinajstić information content (AvgIpc) is 2.68. The number of pyridine rings is 1. The molecule has 2 heterocycles. The number of methoxy groups -OCH3 is 2. The van der Waals surface area contributed by atoms with Gasteiger partial charge in [0.2, 0.25) is 5.88 Å². The molecule has 1 N–H and O–H groups in total. The average molecular weight is 368 g/mol. The topological polar surface area (TPSA) is 96.7 Å². The van der Waals surface area contributed by atoms with E-state index in [1.54, 1.807) is 37.3 Å². The van der Waals surface area contributed by atoms with Crippen LogP contribution in [0.5, 0.6) is 17.4 Å². The number of hydrogen-bond donors (Lipinski definition) is 1. The van der Waals surface area contributed by atoms with Crippen LogP contribution >= 0.6 is 0 Å². The number of ether oxygens (including phenoxy) is 3. The zero-order valence-electron chi connectivity index (χ0n) is 15.1. The maximum atomic E-state index is 12.2. The molecule has 1 aromatic heterocycles. The van der Waals surface area contributed by atoms with E-state index >= 15 is 0 Å². The van der Waals surface area contributed by atoms with Gasteiger partial charge in [-0.25, -0.2) is 9.78 Å². The Hall–Kier alpha value is -3.47. The Morgan fingerprint density at radius 3 is 2.74 bits per heavy atom. The first-order valence-corrected chi connectivity index (χ1v) is 8.39. The highest BCUT2D eigenvalue weighted by atomic mass is 16.5. The van der Waals surface area contributed by atoms with Crippen molar-refractivity contribution in [3.63, 3.8) is 0 Å². The van der Waals surface area contributed by atoms with E-state index < -0.39 is 0 Å². The third kappa shape index (κ3) is 4.39. The van der Waals surface area contributed by atoms with E-state index in [9.17, 15) is 4.79 Å². The minimum absolute atomic E-state index is 0.127. The molecule has 1 fully saturated rings. The summed E-state index contributed by atoms with van der Waals surface area (Å²) >= 11 is 0. The van der Waals surface area contributed by atoms with Gasteiger partial charge < -0.3 is 24.4 Å². The monoisotopic (exact) mass is 368 g/mol. The summed E-state index contributed by atoms with van der Waals surface area (Å²) < 4.78 is 16.1. The molecule has 0 bridgehead atoms. The Kier molecular flexibility index (Phi) is 5.61. The number of urea groups is 1. The van der Waals surface area contributed by atoms with Gasteiger partial charge in [-0.05, 0) is 23.8 Å². The summed E-state index contributed by atoms with van der Waals surface area (Å²) in [5.74, 6) is 1.66. The number of amides is 2. The molecular formula is C19H20N4O4. The highest BCUT2D eigenvalue weighted by molar-refractivity contribution is 5.75. The fraction of sp³-hybridized carbons (Fsp3) is 0.316. The van der Waals surface area contributed by atoms with Crippen molar-refractivity contribution in [1.29, 1.82) is 5.26 Å². The third-order valence-corrected chi connectivity index (χ3v) is 4.18. The Morgan fingerprint density at radius 1 is 1.26 bits per heavy atom. The van der Waals surface area contributed by atoms with Crippen LogP contribution in [0.25, 0.3) is 0 Å². The Bertz CT molecular complexity index is 859. The lowest BCUT2D eigenvalue weighted by molar-refractivity contribution is 0.0413. The van der Waals surface area contributed by atoms with Crippen molar-refractivity contribution in [2.24, 2.45) is 0 Å². The number of nitrogens with one attached hydrogen (secondary N) is 1. The lowest BCUT2D eigenvalue weighted by Gasteiger charge is -2.38. The molecule has 1 aliphatic rings. The van der Waals surface area contributed by atoms with Gasteiger partial charge in [-0.15, -0.1) is 0 Å². The summed E-state index contributed by atoms with van der Waals surface area (Å²) in [6.45, 7) is 1.32. The number of carbonyl (C=O) groups excluding carboxylic acids is 1. The first-order valence-electron chi connectivity index (χ1n) is 8.39. The van der Waals surface area contributed by atoms with E-state index in [1.165, 1.54) is 6.20 Å². The van der Waals surface area contributed by atoms with E-state index in [-0.39, 0.29) is 12.1 Å². The van der Waals surface area contributed by atoms with Gasteiger partial charge in [0.25, 0.3) is 0 Å². The van der Waals surface area contributed by atoms with Crippen LogP contribution in [0.15, 0.2) is 36.5 Å². The van der Waals surface area contributed by atoms with Gasteiger partial charge in [0.15, 0.2) is 11.5 Å². The molecule has 0 aliphatic carbocycles. The quantitative estimate of drug-likeness (QED) is 0.837. The minimum atomic E-state index is -0.164. The molecule has 1 aliphatic heterocycles. The second-order valence-corrected chi connectivity index (χ2v) is 5.99. The summed E-state index contributed by atoms with van der Waals surface area (Å²) in [5.41, 5.74) is 1.40. The van der Waals surface area contributed by atoms with Crippen molar-refractivity contribution in [3.8, 4) is 23.4 Å². The molecule has 0 radical (unpaired) electrons. The number of benzene rings is 1. The van der Waals surface area contributed by atoms with Crippen molar-refractivity contribution in [2.45, 2.75) is 12.6 Å². The number of likely N-dealkylation sites (tertiary alicyclic amines) is 1. The van der Waals surface area contributed by atoms with Gasteiger partial charge in [0, 0.05) is 18.8 Å². The second kappa shape index (κ2) is 8.27. The normalized spacial score (nSPS) is 13.3. The molecule has 2 amide bonds. The van der Waals surface area contributed by atoms with Crippen molar-refractivity contribution >= 4 is 6.03 Å². The van der Waals surface area contributed by atoms with Crippen molar-refractivity contribution in [1.82, 2.24) is 15.2 Å². The summed E-state index contributed by atoms with van der Waals surface area (Å²) in [4.78, 5) is 17.9. The number of nitriles is 1. The molecule has 8 heteroatoms. The van der Waals surface area contributed by atoms with Gasteiger partial charge in [0.05, 0.1) is 38.9 Å². The maximum absolute atomic E-state index is 12.2. The number of hydrogen-bond acceptors (Lipinski definition) is 6. The number of rotatable bonds is 6. The molecule has 0 atom stereocenters. The predicted octanol–water partition coefficient (Wildman–Crippen LogP) is 1.94. The number of nitrogens with zero attached hydrogens (tertiary/aromatic N) is 3. The van der Waals surface area contributed by atoms with Gasteiger partial charge in [-0.1, -0.05) is 6.07 Å². The molecule has 0 saturated carbocycles. The lowest BCUT2D eigenvalue weighted by atomic mass is 10.1. The highest BCUT2D eigenvalue weighted by Crippen LogP contribution is 2.27. The van der Waals surface area contributed by atoms with Gasteiger partial charge in [-0.2, -0.15) is 5.26 Å². The highest BCUT2D eigenvalue weighted by Gasteiger charge is 2.32. The number of carbonyl (C=O) groups is 1. The van der Waals surface area contributed by atoms with Crippen LogP contribution in [0.2, 0.25) is 0 Å². The SMILES string of the molecule is COc1ccc(CNC(=O)N2CC(Oc3cc(C#N)ccn3)C2)cc1OC. The van der Waals surface area contributed by atoms with E-state index in [2.05, 4.69) is 10.3 Å². The van der Waals surface area contributed by atoms with Crippen LogP contribution in [0, 0.1) is 11.3 Å². The van der Waals surface area contributed by atoms with Crippen molar-refractivity contribution in [3.05, 3.63) is 47.7 Å². The first-order chi connectivity index (χ1) is 13.1. The summed E-state index contributed by atoms with van der Waals surface area (Å²) in [7, 11) is 3.15. The van der Waals surface area contributed by atoms with E-state index in [0.717, 1.165) is 5.56 Å². The van der Waals surface area contributed by atoms with Crippen LogP contribution < -0.4 is 19.5 Å². The standard InChI is InChI=1S/C19H20N4O4/c1-25-16-4-3-14(7-17(16)26-2)10-22-19(24)23-11-15(12-23)27-18-8-13(9-20)5-6-21-18/h3-8,15H,10-12H2,1-2H3,(H,22,24). The van der Waals surface area contributed by atoms with E-state index in [0.29, 0.717) is 42.6 Å². The van der Waals surface area contributed by atoms with E-state index in [4.69, 9.17) is 19.5 Å². The van der Waals surface area contributed by atoms with Crippen molar-refractivity contribution in [2.75, 3.05) is 27.3 Å².